The number of aliphatic hydroxyl groups is 1. The Hall–Kier alpha value is -0.0800. The maximum absolute atomic E-state index is 10.0. The maximum Gasteiger partial charge on any atom is 0.0769 e. The highest BCUT2D eigenvalue weighted by atomic mass is 16.3. The van der Waals surface area contributed by atoms with Crippen molar-refractivity contribution in [2.45, 2.75) is 57.6 Å². The predicted octanol–water partition coefficient (Wildman–Crippen LogP) is 1.68. The van der Waals surface area contributed by atoms with Gasteiger partial charge in [-0.2, -0.15) is 0 Å². The van der Waals surface area contributed by atoms with Crippen LogP contribution in [0.15, 0.2) is 0 Å². The molecule has 1 heterocycles. The monoisotopic (exact) mass is 171 g/mol. The highest BCUT2D eigenvalue weighted by molar-refractivity contribution is 4.87. The summed E-state index contributed by atoms with van der Waals surface area (Å²) < 4.78 is 0. The van der Waals surface area contributed by atoms with Crippen LogP contribution < -0.4 is 5.32 Å². The third kappa shape index (κ3) is 2.46. The Labute approximate surface area is 75.4 Å². The van der Waals surface area contributed by atoms with Gasteiger partial charge in [0.1, 0.15) is 0 Å². The SMILES string of the molecule is CCC(C)(O)C1CCCCCN1. The van der Waals surface area contributed by atoms with E-state index in [2.05, 4.69) is 5.32 Å². The zero-order valence-corrected chi connectivity index (χ0v) is 8.27. The van der Waals surface area contributed by atoms with Gasteiger partial charge in [0.15, 0.2) is 0 Å². The second kappa shape index (κ2) is 4.24. The van der Waals surface area contributed by atoms with Crippen LogP contribution in [0.25, 0.3) is 0 Å². The molecular weight excluding hydrogens is 150 g/mol. The van der Waals surface area contributed by atoms with Crippen LogP contribution >= 0.6 is 0 Å². The maximum atomic E-state index is 10.0. The first-order valence-electron chi connectivity index (χ1n) is 5.12. The lowest BCUT2D eigenvalue weighted by molar-refractivity contribution is 0.0143. The fourth-order valence-electron chi connectivity index (χ4n) is 1.81. The van der Waals surface area contributed by atoms with E-state index >= 15 is 0 Å². The highest BCUT2D eigenvalue weighted by Crippen LogP contribution is 2.21. The lowest BCUT2D eigenvalue weighted by Crippen LogP contribution is -2.47. The van der Waals surface area contributed by atoms with E-state index in [9.17, 15) is 5.11 Å². The fourth-order valence-corrected chi connectivity index (χ4v) is 1.81. The highest BCUT2D eigenvalue weighted by Gasteiger charge is 2.29. The summed E-state index contributed by atoms with van der Waals surface area (Å²) in [5, 5.41) is 13.4. The molecule has 1 aliphatic rings. The van der Waals surface area contributed by atoms with Crippen molar-refractivity contribution in [3.63, 3.8) is 0 Å². The van der Waals surface area contributed by atoms with Crippen molar-refractivity contribution in [2.24, 2.45) is 0 Å². The van der Waals surface area contributed by atoms with Gasteiger partial charge in [-0.15, -0.1) is 0 Å². The minimum atomic E-state index is -0.510. The molecule has 2 heteroatoms. The second-order valence-electron chi connectivity index (χ2n) is 4.07. The van der Waals surface area contributed by atoms with E-state index in [4.69, 9.17) is 0 Å². The van der Waals surface area contributed by atoms with Gasteiger partial charge in [-0.1, -0.05) is 19.8 Å². The molecule has 0 spiro atoms. The topological polar surface area (TPSA) is 32.3 Å². The Morgan fingerprint density at radius 1 is 1.42 bits per heavy atom. The Bertz CT molecular complexity index is 126. The van der Waals surface area contributed by atoms with Crippen LogP contribution in [0.3, 0.4) is 0 Å². The predicted molar refractivity (Wildman–Crippen MR) is 51.2 cm³/mol. The third-order valence-electron chi connectivity index (χ3n) is 3.03. The van der Waals surface area contributed by atoms with Gasteiger partial charge < -0.3 is 10.4 Å². The minimum absolute atomic E-state index is 0.310. The summed E-state index contributed by atoms with van der Waals surface area (Å²) in [7, 11) is 0. The quantitative estimate of drug-likeness (QED) is 0.662. The molecule has 0 bridgehead atoms. The summed E-state index contributed by atoms with van der Waals surface area (Å²) in [6, 6.07) is 0.310. The summed E-state index contributed by atoms with van der Waals surface area (Å²) in [5.41, 5.74) is -0.510. The van der Waals surface area contributed by atoms with Crippen molar-refractivity contribution in [3.8, 4) is 0 Å². The van der Waals surface area contributed by atoms with Gasteiger partial charge in [-0.3, -0.25) is 0 Å². The van der Waals surface area contributed by atoms with E-state index in [1.165, 1.54) is 19.3 Å². The van der Waals surface area contributed by atoms with Crippen molar-refractivity contribution in [3.05, 3.63) is 0 Å². The van der Waals surface area contributed by atoms with E-state index in [1.54, 1.807) is 0 Å². The summed E-state index contributed by atoms with van der Waals surface area (Å²) in [4.78, 5) is 0. The largest absolute Gasteiger partial charge is 0.389 e. The Balaban J connectivity index is 2.47. The summed E-state index contributed by atoms with van der Waals surface area (Å²) in [6.45, 7) is 5.06. The first-order chi connectivity index (χ1) is 5.67. The van der Waals surface area contributed by atoms with Crippen molar-refractivity contribution in [1.82, 2.24) is 5.32 Å². The van der Waals surface area contributed by atoms with Gasteiger partial charge in [0, 0.05) is 6.04 Å². The number of nitrogens with one attached hydrogen (secondary N) is 1. The molecule has 2 N–H and O–H groups in total. The van der Waals surface area contributed by atoms with Crippen LogP contribution in [0.2, 0.25) is 0 Å². The number of rotatable bonds is 2. The third-order valence-corrected chi connectivity index (χ3v) is 3.03. The first-order valence-corrected chi connectivity index (χ1v) is 5.12. The molecule has 0 aromatic carbocycles. The Morgan fingerprint density at radius 2 is 2.17 bits per heavy atom. The summed E-state index contributed by atoms with van der Waals surface area (Å²) in [5.74, 6) is 0. The summed E-state index contributed by atoms with van der Waals surface area (Å²) >= 11 is 0. The van der Waals surface area contributed by atoms with E-state index < -0.39 is 5.60 Å². The molecular formula is C10H21NO. The van der Waals surface area contributed by atoms with Crippen LogP contribution in [-0.2, 0) is 0 Å². The number of hydrogen-bond acceptors (Lipinski definition) is 2. The average molecular weight is 171 g/mol. The lowest BCUT2D eigenvalue weighted by Gasteiger charge is -2.31. The van der Waals surface area contributed by atoms with Gasteiger partial charge in [-0.05, 0) is 32.7 Å². The smallest absolute Gasteiger partial charge is 0.0769 e. The molecule has 1 saturated heterocycles. The molecule has 0 aliphatic carbocycles. The molecule has 0 radical (unpaired) electrons. The molecule has 12 heavy (non-hydrogen) atoms. The Morgan fingerprint density at radius 3 is 2.83 bits per heavy atom. The molecule has 0 aromatic rings. The zero-order chi connectivity index (χ0) is 9.03. The van der Waals surface area contributed by atoms with Gasteiger partial charge in [0.05, 0.1) is 5.60 Å². The molecule has 0 saturated carbocycles. The summed E-state index contributed by atoms with van der Waals surface area (Å²) in [6.07, 6.45) is 5.79. The van der Waals surface area contributed by atoms with Gasteiger partial charge in [0.2, 0.25) is 0 Å². The van der Waals surface area contributed by atoms with Crippen LogP contribution in [0.1, 0.15) is 46.0 Å². The van der Waals surface area contributed by atoms with Crippen molar-refractivity contribution < 1.29 is 5.11 Å². The first kappa shape index (κ1) is 10.0. The molecule has 0 amide bonds. The second-order valence-corrected chi connectivity index (χ2v) is 4.07. The van der Waals surface area contributed by atoms with E-state index in [0.29, 0.717) is 6.04 Å². The fraction of sp³-hybridized carbons (Fsp3) is 1.00. The molecule has 1 aliphatic heterocycles. The molecule has 1 fully saturated rings. The van der Waals surface area contributed by atoms with E-state index in [1.807, 2.05) is 13.8 Å². The normalized spacial score (nSPS) is 30.8. The Kier molecular flexibility index (Phi) is 3.53. The van der Waals surface area contributed by atoms with E-state index in [-0.39, 0.29) is 0 Å². The lowest BCUT2D eigenvalue weighted by atomic mass is 9.90. The molecule has 2 atom stereocenters. The van der Waals surface area contributed by atoms with Crippen molar-refractivity contribution >= 4 is 0 Å². The average Bonchev–Trinajstić information content (AvgIpc) is 2.32. The number of hydrogen-bond donors (Lipinski definition) is 2. The van der Waals surface area contributed by atoms with Crippen LogP contribution in [-0.4, -0.2) is 23.3 Å². The molecule has 2 nitrogen and oxygen atoms in total. The molecule has 72 valence electrons. The van der Waals surface area contributed by atoms with Crippen molar-refractivity contribution in [1.29, 1.82) is 0 Å². The van der Waals surface area contributed by atoms with Gasteiger partial charge >= 0.3 is 0 Å². The molecule has 2 unspecified atom stereocenters. The van der Waals surface area contributed by atoms with Crippen LogP contribution in [0, 0.1) is 0 Å². The van der Waals surface area contributed by atoms with Crippen LogP contribution in [0.4, 0.5) is 0 Å². The van der Waals surface area contributed by atoms with Crippen molar-refractivity contribution in [2.75, 3.05) is 6.54 Å². The minimum Gasteiger partial charge on any atom is -0.389 e. The standard InChI is InChI=1S/C10H21NO/c1-3-10(2,12)9-7-5-4-6-8-11-9/h9,11-12H,3-8H2,1-2H3. The molecule has 0 aromatic heterocycles. The van der Waals surface area contributed by atoms with E-state index in [0.717, 1.165) is 19.4 Å². The van der Waals surface area contributed by atoms with Gasteiger partial charge in [-0.25, -0.2) is 0 Å². The van der Waals surface area contributed by atoms with Crippen LogP contribution in [0.5, 0.6) is 0 Å². The molecule has 1 rings (SSSR count). The zero-order valence-electron chi connectivity index (χ0n) is 8.27. The van der Waals surface area contributed by atoms with Gasteiger partial charge in [0.25, 0.3) is 0 Å².